The van der Waals surface area contributed by atoms with Crippen molar-refractivity contribution < 1.29 is 4.74 Å². The normalized spacial score (nSPS) is 12.4. The third-order valence-electron chi connectivity index (χ3n) is 2.91. The first-order valence-electron chi connectivity index (χ1n) is 6.18. The van der Waals surface area contributed by atoms with Crippen molar-refractivity contribution in [3.63, 3.8) is 0 Å². The molecule has 0 aliphatic rings. The van der Waals surface area contributed by atoms with Gasteiger partial charge >= 0.3 is 0 Å². The molecule has 1 unspecified atom stereocenters. The van der Waals surface area contributed by atoms with Gasteiger partial charge in [-0.25, -0.2) is 0 Å². The summed E-state index contributed by atoms with van der Waals surface area (Å²) in [6.45, 7) is 4.78. The van der Waals surface area contributed by atoms with Gasteiger partial charge in [0.2, 0.25) is 0 Å². The molecule has 0 amide bonds. The lowest BCUT2D eigenvalue weighted by Crippen LogP contribution is -2.06. The molecule has 0 saturated heterocycles. The van der Waals surface area contributed by atoms with E-state index in [4.69, 9.17) is 10.5 Å². The van der Waals surface area contributed by atoms with E-state index in [0.29, 0.717) is 0 Å². The molecule has 3 heteroatoms. The summed E-state index contributed by atoms with van der Waals surface area (Å²) in [5.74, 6) is 0.955. The summed E-state index contributed by atoms with van der Waals surface area (Å²) >= 11 is 1.77. The third kappa shape index (κ3) is 3.34. The first-order valence-corrected chi connectivity index (χ1v) is 7.06. The van der Waals surface area contributed by atoms with Crippen molar-refractivity contribution in [2.24, 2.45) is 5.73 Å². The molecular formula is C15H19NOS. The Morgan fingerprint density at radius 2 is 2.17 bits per heavy atom. The SMILES string of the molecule is Cc1cc(C(C)N)ccc1OCCc1cccs1. The topological polar surface area (TPSA) is 35.2 Å². The minimum atomic E-state index is 0.0730. The van der Waals surface area contributed by atoms with Gasteiger partial charge in [0.1, 0.15) is 5.75 Å². The molecule has 2 rings (SSSR count). The van der Waals surface area contributed by atoms with Gasteiger partial charge < -0.3 is 10.5 Å². The van der Waals surface area contributed by atoms with Crippen LogP contribution in [0.4, 0.5) is 0 Å². The zero-order valence-corrected chi connectivity index (χ0v) is 11.7. The molecule has 2 N–H and O–H groups in total. The van der Waals surface area contributed by atoms with Crippen LogP contribution in [-0.2, 0) is 6.42 Å². The quantitative estimate of drug-likeness (QED) is 0.890. The van der Waals surface area contributed by atoms with Gasteiger partial charge in [-0.3, -0.25) is 0 Å². The molecule has 0 radical (unpaired) electrons. The van der Waals surface area contributed by atoms with E-state index in [1.807, 2.05) is 19.1 Å². The van der Waals surface area contributed by atoms with Crippen LogP contribution in [0.25, 0.3) is 0 Å². The summed E-state index contributed by atoms with van der Waals surface area (Å²) in [6.07, 6.45) is 0.964. The van der Waals surface area contributed by atoms with Crippen molar-refractivity contribution in [3.8, 4) is 5.75 Å². The lowest BCUT2D eigenvalue weighted by Gasteiger charge is -2.12. The van der Waals surface area contributed by atoms with E-state index in [-0.39, 0.29) is 6.04 Å². The maximum Gasteiger partial charge on any atom is 0.122 e. The van der Waals surface area contributed by atoms with Gasteiger partial charge in [0.25, 0.3) is 0 Å². The molecule has 18 heavy (non-hydrogen) atoms. The molecule has 0 aliphatic heterocycles. The zero-order chi connectivity index (χ0) is 13.0. The molecule has 2 aromatic rings. The lowest BCUT2D eigenvalue weighted by atomic mass is 10.1. The second kappa shape index (κ2) is 6.03. The first kappa shape index (κ1) is 13.1. The molecule has 0 aliphatic carbocycles. The molecular weight excluding hydrogens is 242 g/mol. The monoisotopic (exact) mass is 261 g/mol. The second-order valence-electron chi connectivity index (χ2n) is 4.49. The summed E-state index contributed by atoms with van der Waals surface area (Å²) in [5.41, 5.74) is 8.16. The van der Waals surface area contributed by atoms with Crippen molar-refractivity contribution in [2.75, 3.05) is 6.61 Å². The van der Waals surface area contributed by atoms with E-state index < -0.39 is 0 Å². The fourth-order valence-electron chi connectivity index (χ4n) is 1.83. The van der Waals surface area contributed by atoms with Crippen molar-refractivity contribution in [1.82, 2.24) is 0 Å². The van der Waals surface area contributed by atoms with Crippen LogP contribution in [0.5, 0.6) is 5.75 Å². The van der Waals surface area contributed by atoms with Gasteiger partial charge in [0.05, 0.1) is 6.61 Å². The van der Waals surface area contributed by atoms with E-state index in [1.54, 1.807) is 11.3 Å². The van der Waals surface area contributed by atoms with E-state index in [0.717, 1.165) is 29.9 Å². The maximum absolute atomic E-state index is 5.86. The number of aryl methyl sites for hydroxylation is 1. The average molecular weight is 261 g/mol. The molecule has 1 atom stereocenters. The molecule has 1 aromatic carbocycles. The third-order valence-corrected chi connectivity index (χ3v) is 3.85. The molecule has 1 heterocycles. The number of ether oxygens (including phenoxy) is 1. The molecule has 0 spiro atoms. The molecule has 0 bridgehead atoms. The molecule has 1 aromatic heterocycles. The standard InChI is InChI=1S/C15H19NOS/c1-11-10-13(12(2)16)5-6-15(11)17-8-7-14-4-3-9-18-14/h3-6,9-10,12H,7-8,16H2,1-2H3. The zero-order valence-electron chi connectivity index (χ0n) is 10.8. The van der Waals surface area contributed by atoms with Gasteiger partial charge in [-0.1, -0.05) is 18.2 Å². The van der Waals surface area contributed by atoms with Gasteiger partial charge in [-0.15, -0.1) is 11.3 Å². The van der Waals surface area contributed by atoms with Crippen LogP contribution in [0.1, 0.15) is 29.0 Å². The Balaban J connectivity index is 1.93. The summed E-state index contributed by atoms with van der Waals surface area (Å²) < 4.78 is 5.81. The number of hydrogen-bond donors (Lipinski definition) is 1. The Kier molecular flexibility index (Phi) is 4.39. The smallest absolute Gasteiger partial charge is 0.122 e. The van der Waals surface area contributed by atoms with Crippen molar-refractivity contribution in [3.05, 3.63) is 51.7 Å². The van der Waals surface area contributed by atoms with Gasteiger partial charge in [0.15, 0.2) is 0 Å². The Morgan fingerprint density at radius 3 is 2.78 bits per heavy atom. The highest BCUT2D eigenvalue weighted by molar-refractivity contribution is 7.09. The number of benzene rings is 1. The second-order valence-corrected chi connectivity index (χ2v) is 5.52. The van der Waals surface area contributed by atoms with Crippen LogP contribution in [0, 0.1) is 6.92 Å². The van der Waals surface area contributed by atoms with Crippen LogP contribution in [0.15, 0.2) is 35.7 Å². The summed E-state index contributed by atoms with van der Waals surface area (Å²) in [4.78, 5) is 1.36. The van der Waals surface area contributed by atoms with Gasteiger partial charge in [-0.2, -0.15) is 0 Å². The van der Waals surface area contributed by atoms with E-state index in [9.17, 15) is 0 Å². The van der Waals surface area contributed by atoms with Gasteiger partial charge in [-0.05, 0) is 42.5 Å². The van der Waals surface area contributed by atoms with Crippen LogP contribution in [-0.4, -0.2) is 6.61 Å². The first-order chi connectivity index (χ1) is 8.66. The maximum atomic E-state index is 5.86. The lowest BCUT2D eigenvalue weighted by molar-refractivity contribution is 0.320. The van der Waals surface area contributed by atoms with Crippen LogP contribution < -0.4 is 10.5 Å². The number of rotatable bonds is 5. The Labute approximate surface area is 112 Å². The predicted molar refractivity (Wildman–Crippen MR) is 77.3 cm³/mol. The largest absolute Gasteiger partial charge is 0.493 e. The van der Waals surface area contributed by atoms with E-state index in [2.05, 4.69) is 30.5 Å². The molecule has 96 valence electrons. The van der Waals surface area contributed by atoms with Crippen LogP contribution in [0.3, 0.4) is 0 Å². The summed E-state index contributed by atoms with van der Waals surface area (Å²) in [5, 5.41) is 2.10. The number of hydrogen-bond acceptors (Lipinski definition) is 3. The fourth-order valence-corrected chi connectivity index (χ4v) is 2.52. The highest BCUT2D eigenvalue weighted by Gasteiger charge is 2.04. The molecule has 0 saturated carbocycles. The summed E-state index contributed by atoms with van der Waals surface area (Å²) in [7, 11) is 0. The minimum absolute atomic E-state index is 0.0730. The summed E-state index contributed by atoms with van der Waals surface area (Å²) in [6, 6.07) is 10.4. The van der Waals surface area contributed by atoms with E-state index >= 15 is 0 Å². The predicted octanol–water partition coefficient (Wildman–Crippen LogP) is 3.70. The van der Waals surface area contributed by atoms with Crippen LogP contribution in [0.2, 0.25) is 0 Å². The Bertz CT molecular complexity index is 491. The Hall–Kier alpha value is -1.32. The van der Waals surface area contributed by atoms with Crippen LogP contribution >= 0.6 is 11.3 Å². The average Bonchev–Trinajstić information content (AvgIpc) is 2.84. The Morgan fingerprint density at radius 1 is 1.33 bits per heavy atom. The number of thiophene rings is 1. The number of nitrogens with two attached hydrogens (primary N) is 1. The highest BCUT2D eigenvalue weighted by atomic mass is 32.1. The highest BCUT2D eigenvalue weighted by Crippen LogP contribution is 2.22. The van der Waals surface area contributed by atoms with Crippen molar-refractivity contribution in [2.45, 2.75) is 26.3 Å². The van der Waals surface area contributed by atoms with Crippen molar-refractivity contribution in [1.29, 1.82) is 0 Å². The van der Waals surface area contributed by atoms with Gasteiger partial charge in [0, 0.05) is 17.3 Å². The molecule has 2 nitrogen and oxygen atoms in total. The molecule has 0 fully saturated rings. The van der Waals surface area contributed by atoms with Crippen molar-refractivity contribution >= 4 is 11.3 Å². The minimum Gasteiger partial charge on any atom is -0.493 e. The van der Waals surface area contributed by atoms with E-state index in [1.165, 1.54) is 4.88 Å². The fraction of sp³-hybridized carbons (Fsp3) is 0.333.